The Morgan fingerprint density at radius 3 is 2.53 bits per heavy atom. The third-order valence-corrected chi connectivity index (χ3v) is 6.29. The summed E-state index contributed by atoms with van der Waals surface area (Å²) in [5.74, 6) is -0.339. The number of nitrogens with zero attached hydrogens (tertiary/aromatic N) is 1. The van der Waals surface area contributed by atoms with E-state index in [9.17, 15) is 18.0 Å². The van der Waals surface area contributed by atoms with Gasteiger partial charge in [-0.15, -0.1) is 0 Å². The van der Waals surface area contributed by atoms with Gasteiger partial charge >= 0.3 is 0 Å². The highest BCUT2D eigenvalue weighted by Crippen LogP contribution is 2.32. The molecule has 1 unspecified atom stereocenters. The summed E-state index contributed by atoms with van der Waals surface area (Å²) in [4.78, 5) is 26.2. The Hall–Kier alpha value is -2.37. The van der Waals surface area contributed by atoms with Crippen molar-refractivity contribution in [2.45, 2.75) is 37.6 Å². The molecule has 10 nitrogen and oxygen atoms in total. The summed E-state index contributed by atoms with van der Waals surface area (Å²) >= 11 is 0. The second-order valence-electron chi connectivity index (χ2n) is 7.89. The standard InChI is InChI=1S/C21H33N3O7S/c1-15(2)20(21(26)24(3)14-19(25)22-9-5-10-29-4)23-32(27,28)16-7-8-17-18(13-16)31-12-6-11-30-17/h7-8,13,15,20,23H,5-6,9-12,14H2,1-4H3,(H,22,25). The first-order chi connectivity index (χ1) is 15.2. The number of carbonyl (C=O) groups is 2. The molecule has 2 rings (SSSR count). The van der Waals surface area contributed by atoms with E-state index in [1.165, 1.54) is 24.1 Å². The van der Waals surface area contributed by atoms with Crippen molar-refractivity contribution in [2.75, 3.05) is 47.1 Å². The van der Waals surface area contributed by atoms with Crippen LogP contribution >= 0.6 is 0 Å². The smallest absolute Gasteiger partial charge is 0.241 e. The fourth-order valence-corrected chi connectivity index (χ4v) is 4.40. The summed E-state index contributed by atoms with van der Waals surface area (Å²) in [7, 11) is -0.981. The number of hydrogen-bond acceptors (Lipinski definition) is 7. The molecular weight excluding hydrogens is 438 g/mol. The van der Waals surface area contributed by atoms with Crippen molar-refractivity contribution in [3.63, 3.8) is 0 Å². The lowest BCUT2D eigenvalue weighted by Gasteiger charge is -2.26. The minimum absolute atomic E-state index is 0.0289. The minimum atomic E-state index is -4.02. The Kier molecular flexibility index (Phi) is 9.73. The number of ether oxygens (including phenoxy) is 3. The molecule has 0 aliphatic carbocycles. The van der Waals surface area contributed by atoms with Crippen molar-refractivity contribution in [1.29, 1.82) is 0 Å². The van der Waals surface area contributed by atoms with Gasteiger partial charge in [0.2, 0.25) is 21.8 Å². The van der Waals surface area contributed by atoms with E-state index in [1.54, 1.807) is 27.0 Å². The molecule has 0 spiro atoms. The van der Waals surface area contributed by atoms with Crippen molar-refractivity contribution in [3.05, 3.63) is 18.2 Å². The highest BCUT2D eigenvalue weighted by molar-refractivity contribution is 7.89. The van der Waals surface area contributed by atoms with Gasteiger partial charge in [-0.3, -0.25) is 9.59 Å². The molecule has 1 aromatic rings. The van der Waals surface area contributed by atoms with E-state index in [4.69, 9.17) is 14.2 Å². The number of likely N-dealkylation sites (N-methyl/N-ethyl adjacent to an activating group) is 1. The number of fused-ring (bicyclic) bond motifs is 1. The Bertz CT molecular complexity index is 889. The lowest BCUT2D eigenvalue weighted by atomic mass is 10.0. The zero-order chi connectivity index (χ0) is 23.7. The normalized spacial score (nSPS) is 14.5. The van der Waals surface area contributed by atoms with Crippen LogP contribution in [0.2, 0.25) is 0 Å². The molecule has 1 aromatic carbocycles. The van der Waals surface area contributed by atoms with Gasteiger partial charge in [0.05, 0.1) is 24.7 Å². The summed E-state index contributed by atoms with van der Waals surface area (Å²) in [5.41, 5.74) is 0. The van der Waals surface area contributed by atoms with Gasteiger partial charge in [0.1, 0.15) is 6.04 Å². The summed E-state index contributed by atoms with van der Waals surface area (Å²) in [5, 5.41) is 2.70. The van der Waals surface area contributed by atoms with Gasteiger partial charge in [0, 0.05) is 39.8 Å². The van der Waals surface area contributed by atoms with Crippen LogP contribution in [0.25, 0.3) is 0 Å². The quantitative estimate of drug-likeness (QED) is 0.457. The predicted molar refractivity (Wildman–Crippen MR) is 118 cm³/mol. The van der Waals surface area contributed by atoms with E-state index in [1.807, 2.05) is 0 Å². The largest absolute Gasteiger partial charge is 0.490 e. The highest BCUT2D eigenvalue weighted by atomic mass is 32.2. The molecular formula is C21H33N3O7S. The molecule has 32 heavy (non-hydrogen) atoms. The van der Waals surface area contributed by atoms with Gasteiger partial charge in [0.25, 0.3) is 0 Å². The number of rotatable bonds is 11. The molecule has 0 saturated heterocycles. The molecule has 2 amide bonds. The summed E-state index contributed by atoms with van der Waals surface area (Å²) in [6, 6.07) is 3.31. The van der Waals surface area contributed by atoms with E-state index in [2.05, 4.69) is 10.0 Å². The first-order valence-electron chi connectivity index (χ1n) is 10.6. The van der Waals surface area contributed by atoms with Crippen LogP contribution in [0.1, 0.15) is 26.7 Å². The van der Waals surface area contributed by atoms with Crippen LogP contribution in [0.5, 0.6) is 11.5 Å². The first kappa shape index (κ1) is 25.9. The SMILES string of the molecule is COCCCNC(=O)CN(C)C(=O)C(NS(=O)(=O)c1ccc2c(c1)OCCCO2)C(C)C. The lowest BCUT2D eigenvalue weighted by Crippen LogP contribution is -2.52. The third kappa shape index (κ3) is 7.35. The number of sulfonamides is 1. The van der Waals surface area contributed by atoms with E-state index >= 15 is 0 Å². The minimum Gasteiger partial charge on any atom is -0.490 e. The Morgan fingerprint density at radius 1 is 1.19 bits per heavy atom. The molecule has 0 bridgehead atoms. The molecule has 0 fully saturated rings. The molecule has 0 aromatic heterocycles. The zero-order valence-corrected chi connectivity index (χ0v) is 19.9. The van der Waals surface area contributed by atoms with E-state index in [0.29, 0.717) is 50.7 Å². The van der Waals surface area contributed by atoms with E-state index in [0.717, 1.165) is 0 Å². The maximum atomic E-state index is 13.0. The molecule has 2 N–H and O–H groups in total. The fourth-order valence-electron chi connectivity index (χ4n) is 3.05. The van der Waals surface area contributed by atoms with Crippen molar-refractivity contribution in [3.8, 4) is 11.5 Å². The molecule has 1 atom stereocenters. The van der Waals surface area contributed by atoms with Gasteiger partial charge < -0.3 is 24.4 Å². The van der Waals surface area contributed by atoms with Gasteiger partial charge in [-0.05, 0) is 24.5 Å². The van der Waals surface area contributed by atoms with E-state index in [-0.39, 0.29) is 23.3 Å². The number of amides is 2. The average Bonchev–Trinajstić information content (AvgIpc) is 2.99. The lowest BCUT2D eigenvalue weighted by molar-refractivity contribution is -0.136. The summed E-state index contributed by atoms with van der Waals surface area (Å²) in [6.07, 6.45) is 1.36. The monoisotopic (exact) mass is 471 g/mol. The molecule has 0 saturated carbocycles. The maximum absolute atomic E-state index is 13.0. The third-order valence-electron chi connectivity index (χ3n) is 4.85. The number of nitrogens with one attached hydrogen (secondary N) is 2. The first-order valence-corrected chi connectivity index (χ1v) is 12.1. The predicted octanol–water partition coefficient (Wildman–Crippen LogP) is 0.762. The molecule has 1 aliphatic rings. The van der Waals surface area contributed by atoms with Crippen LogP contribution in [0.3, 0.4) is 0 Å². The topological polar surface area (TPSA) is 123 Å². The second-order valence-corrected chi connectivity index (χ2v) is 9.61. The van der Waals surface area contributed by atoms with Crippen molar-refractivity contribution in [2.24, 2.45) is 5.92 Å². The Balaban J connectivity index is 2.07. The molecule has 180 valence electrons. The fraction of sp³-hybridized carbons (Fsp3) is 0.619. The highest BCUT2D eigenvalue weighted by Gasteiger charge is 2.31. The van der Waals surface area contributed by atoms with Crippen molar-refractivity contribution < 1.29 is 32.2 Å². The number of benzene rings is 1. The maximum Gasteiger partial charge on any atom is 0.241 e. The number of methoxy groups -OCH3 is 1. The van der Waals surface area contributed by atoms with Gasteiger partial charge in [-0.2, -0.15) is 4.72 Å². The van der Waals surface area contributed by atoms with Gasteiger partial charge in [0.15, 0.2) is 11.5 Å². The molecule has 11 heteroatoms. The second kappa shape index (κ2) is 12.0. The Morgan fingerprint density at radius 2 is 1.88 bits per heavy atom. The van der Waals surface area contributed by atoms with Crippen LogP contribution in [0, 0.1) is 5.92 Å². The van der Waals surface area contributed by atoms with Gasteiger partial charge in [-0.25, -0.2) is 8.42 Å². The van der Waals surface area contributed by atoms with Crippen molar-refractivity contribution in [1.82, 2.24) is 14.9 Å². The Labute approximate surface area is 189 Å². The zero-order valence-electron chi connectivity index (χ0n) is 19.0. The van der Waals surface area contributed by atoms with Gasteiger partial charge in [-0.1, -0.05) is 13.8 Å². The molecule has 1 aliphatic heterocycles. The number of carbonyl (C=O) groups excluding carboxylic acids is 2. The molecule has 1 heterocycles. The van der Waals surface area contributed by atoms with Crippen LogP contribution in [-0.4, -0.2) is 78.2 Å². The summed E-state index contributed by atoms with van der Waals surface area (Å²) in [6.45, 7) is 5.16. The van der Waals surface area contributed by atoms with Crippen LogP contribution in [0.15, 0.2) is 23.1 Å². The van der Waals surface area contributed by atoms with Crippen molar-refractivity contribution >= 4 is 21.8 Å². The number of hydrogen-bond donors (Lipinski definition) is 2. The average molecular weight is 472 g/mol. The van der Waals surface area contributed by atoms with E-state index < -0.39 is 22.0 Å². The van der Waals surface area contributed by atoms with Crippen LogP contribution < -0.4 is 19.5 Å². The van der Waals surface area contributed by atoms with Crippen LogP contribution in [0.4, 0.5) is 0 Å². The summed E-state index contributed by atoms with van der Waals surface area (Å²) < 4.78 is 44.5. The molecule has 0 radical (unpaired) electrons. The van der Waals surface area contributed by atoms with Crippen LogP contribution in [-0.2, 0) is 24.3 Å².